The van der Waals surface area contributed by atoms with Gasteiger partial charge in [0.15, 0.2) is 0 Å². The number of anilines is 3. The number of halogens is 1. The van der Waals surface area contributed by atoms with Crippen LogP contribution in [0.5, 0.6) is 6.01 Å². The van der Waals surface area contributed by atoms with Gasteiger partial charge in [-0.3, -0.25) is 0 Å². The van der Waals surface area contributed by atoms with E-state index in [1.807, 2.05) is 32.0 Å². The largest absolute Gasteiger partial charge is 0.464 e. The molecule has 0 fully saturated rings. The predicted molar refractivity (Wildman–Crippen MR) is 82.7 cm³/mol. The molecular formula is C13H16BrN5O. The first kappa shape index (κ1) is 14.5. The van der Waals surface area contributed by atoms with Crippen molar-refractivity contribution in [1.82, 2.24) is 15.0 Å². The Morgan fingerprint density at radius 3 is 2.65 bits per heavy atom. The molecule has 1 heterocycles. The van der Waals surface area contributed by atoms with Crippen molar-refractivity contribution >= 4 is 33.5 Å². The van der Waals surface area contributed by atoms with Crippen molar-refractivity contribution in [1.29, 1.82) is 0 Å². The first-order chi connectivity index (χ1) is 9.62. The van der Waals surface area contributed by atoms with Crippen LogP contribution in [-0.2, 0) is 0 Å². The zero-order chi connectivity index (χ0) is 14.5. The molecule has 0 aliphatic carbocycles. The molecule has 0 saturated carbocycles. The van der Waals surface area contributed by atoms with E-state index in [2.05, 4.69) is 41.5 Å². The lowest BCUT2D eigenvalue weighted by Crippen LogP contribution is -2.07. The summed E-state index contributed by atoms with van der Waals surface area (Å²) in [6.45, 7) is 4.40. The van der Waals surface area contributed by atoms with Crippen LogP contribution >= 0.6 is 15.9 Å². The normalized spacial score (nSPS) is 10.2. The van der Waals surface area contributed by atoms with E-state index in [-0.39, 0.29) is 0 Å². The average Bonchev–Trinajstić information content (AvgIpc) is 2.43. The fourth-order valence-corrected chi connectivity index (χ4v) is 1.93. The molecule has 0 aliphatic heterocycles. The van der Waals surface area contributed by atoms with Crippen LogP contribution in [0, 0.1) is 6.92 Å². The summed E-state index contributed by atoms with van der Waals surface area (Å²) in [6, 6.07) is 6.26. The van der Waals surface area contributed by atoms with Crippen LogP contribution in [0.4, 0.5) is 17.6 Å². The van der Waals surface area contributed by atoms with Crippen molar-refractivity contribution in [2.45, 2.75) is 13.8 Å². The Morgan fingerprint density at radius 1 is 1.20 bits per heavy atom. The van der Waals surface area contributed by atoms with Crippen LogP contribution in [0.2, 0.25) is 0 Å². The fourth-order valence-electron chi connectivity index (χ4n) is 1.57. The van der Waals surface area contributed by atoms with Crippen molar-refractivity contribution < 1.29 is 4.74 Å². The summed E-state index contributed by atoms with van der Waals surface area (Å²) in [7, 11) is 1.75. The van der Waals surface area contributed by atoms with Gasteiger partial charge in [0.05, 0.1) is 6.61 Å². The Bertz CT molecular complexity index is 605. The van der Waals surface area contributed by atoms with Gasteiger partial charge in [-0.1, -0.05) is 22.0 Å². The molecule has 0 bridgehead atoms. The number of hydrogen-bond donors (Lipinski definition) is 2. The van der Waals surface area contributed by atoms with Gasteiger partial charge in [0.1, 0.15) is 0 Å². The summed E-state index contributed by atoms with van der Waals surface area (Å²) in [6.07, 6.45) is 0. The Kier molecular flexibility index (Phi) is 4.73. The van der Waals surface area contributed by atoms with Crippen molar-refractivity contribution in [2.24, 2.45) is 0 Å². The average molecular weight is 338 g/mol. The smallest absolute Gasteiger partial charge is 0.323 e. The lowest BCUT2D eigenvalue weighted by molar-refractivity contribution is 0.312. The SMILES string of the molecule is CCOc1nc(NC)nc(Nc2cc(Br)ccc2C)n1. The molecule has 0 amide bonds. The maximum atomic E-state index is 5.33. The molecule has 0 atom stereocenters. The molecule has 0 spiro atoms. The molecule has 2 N–H and O–H groups in total. The first-order valence-electron chi connectivity index (χ1n) is 6.22. The molecular weight excluding hydrogens is 322 g/mol. The summed E-state index contributed by atoms with van der Waals surface area (Å²) in [5.41, 5.74) is 2.02. The highest BCUT2D eigenvalue weighted by molar-refractivity contribution is 9.10. The number of aromatic nitrogens is 3. The highest BCUT2D eigenvalue weighted by Crippen LogP contribution is 2.23. The van der Waals surface area contributed by atoms with Gasteiger partial charge in [-0.15, -0.1) is 0 Å². The minimum atomic E-state index is 0.294. The van der Waals surface area contributed by atoms with E-state index < -0.39 is 0 Å². The Balaban J connectivity index is 2.32. The van der Waals surface area contributed by atoms with Gasteiger partial charge in [0.2, 0.25) is 11.9 Å². The molecule has 2 aromatic rings. The van der Waals surface area contributed by atoms with Crippen molar-refractivity contribution in [3.05, 3.63) is 28.2 Å². The second kappa shape index (κ2) is 6.51. The van der Waals surface area contributed by atoms with Crippen LogP contribution in [0.3, 0.4) is 0 Å². The van der Waals surface area contributed by atoms with Gasteiger partial charge in [-0.2, -0.15) is 15.0 Å². The summed E-state index contributed by atoms with van der Waals surface area (Å²) in [5, 5.41) is 6.06. The standard InChI is InChI=1S/C13H16BrN5O/c1-4-20-13-18-11(15-3)17-12(19-13)16-10-7-9(14)6-5-8(10)2/h5-7H,4H2,1-3H3,(H2,15,16,17,18,19). The van der Waals surface area contributed by atoms with Crippen molar-refractivity contribution in [3.63, 3.8) is 0 Å². The minimum Gasteiger partial charge on any atom is -0.464 e. The van der Waals surface area contributed by atoms with E-state index in [1.54, 1.807) is 7.05 Å². The third-order valence-electron chi connectivity index (χ3n) is 2.56. The third kappa shape index (κ3) is 3.57. The van der Waals surface area contributed by atoms with E-state index in [9.17, 15) is 0 Å². The summed E-state index contributed by atoms with van der Waals surface area (Å²) < 4.78 is 6.31. The molecule has 2 rings (SSSR count). The Morgan fingerprint density at radius 2 is 1.95 bits per heavy atom. The zero-order valence-electron chi connectivity index (χ0n) is 11.6. The summed E-state index contributed by atoms with van der Waals surface area (Å²) in [5.74, 6) is 0.896. The molecule has 6 nitrogen and oxygen atoms in total. The minimum absolute atomic E-state index is 0.294. The van der Waals surface area contributed by atoms with Gasteiger partial charge >= 0.3 is 6.01 Å². The lowest BCUT2D eigenvalue weighted by atomic mass is 10.2. The second-order valence-electron chi connectivity index (χ2n) is 4.03. The van der Waals surface area contributed by atoms with Crippen molar-refractivity contribution in [3.8, 4) is 6.01 Å². The zero-order valence-corrected chi connectivity index (χ0v) is 13.2. The van der Waals surface area contributed by atoms with Crippen LogP contribution in [0.15, 0.2) is 22.7 Å². The molecule has 0 unspecified atom stereocenters. The van der Waals surface area contributed by atoms with E-state index in [0.717, 1.165) is 15.7 Å². The Labute approximate surface area is 126 Å². The molecule has 106 valence electrons. The topological polar surface area (TPSA) is 72.0 Å². The van der Waals surface area contributed by atoms with Gasteiger partial charge in [-0.25, -0.2) is 0 Å². The fraction of sp³-hybridized carbons (Fsp3) is 0.308. The van der Waals surface area contributed by atoms with Crippen LogP contribution in [0.25, 0.3) is 0 Å². The predicted octanol–water partition coefficient (Wildman–Crippen LogP) is 3.13. The third-order valence-corrected chi connectivity index (χ3v) is 3.05. The molecule has 1 aromatic heterocycles. The van der Waals surface area contributed by atoms with E-state index >= 15 is 0 Å². The van der Waals surface area contributed by atoms with Gasteiger partial charge in [0, 0.05) is 17.2 Å². The van der Waals surface area contributed by atoms with Gasteiger partial charge in [-0.05, 0) is 31.5 Å². The summed E-state index contributed by atoms with van der Waals surface area (Å²) >= 11 is 3.45. The first-order valence-corrected chi connectivity index (χ1v) is 7.01. The van der Waals surface area contributed by atoms with E-state index in [1.165, 1.54) is 0 Å². The second-order valence-corrected chi connectivity index (χ2v) is 4.95. The number of rotatable bonds is 5. The Hall–Kier alpha value is -1.89. The molecule has 20 heavy (non-hydrogen) atoms. The number of benzene rings is 1. The van der Waals surface area contributed by atoms with E-state index in [0.29, 0.717) is 24.5 Å². The number of aryl methyl sites for hydroxylation is 1. The molecule has 1 aromatic carbocycles. The maximum Gasteiger partial charge on any atom is 0.323 e. The number of hydrogen-bond acceptors (Lipinski definition) is 6. The molecule has 0 aliphatic rings. The van der Waals surface area contributed by atoms with Crippen molar-refractivity contribution in [2.75, 3.05) is 24.3 Å². The van der Waals surface area contributed by atoms with E-state index in [4.69, 9.17) is 4.74 Å². The lowest BCUT2D eigenvalue weighted by Gasteiger charge is -2.10. The van der Waals surface area contributed by atoms with Gasteiger partial charge < -0.3 is 15.4 Å². The highest BCUT2D eigenvalue weighted by Gasteiger charge is 2.08. The number of nitrogens with one attached hydrogen (secondary N) is 2. The summed E-state index contributed by atoms with van der Waals surface area (Å²) in [4.78, 5) is 12.6. The highest BCUT2D eigenvalue weighted by atomic mass is 79.9. The van der Waals surface area contributed by atoms with Crippen LogP contribution in [-0.4, -0.2) is 28.6 Å². The molecule has 0 saturated heterocycles. The van der Waals surface area contributed by atoms with Crippen LogP contribution < -0.4 is 15.4 Å². The maximum absolute atomic E-state index is 5.33. The van der Waals surface area contributed by atoms with Crippen LogP contribution in [0.1, 0.15) is 12.5 Å². The monoisotopic (exact) mass is 337 g/mol. The number of ether oxygens (including phenoxy) is 1. The molecule has 7 heteroatoms. The molecule has 0 radical (unpaired) electrons. The number of nitrogens with zero attached hydrogens (tertiary/aromatic N) is 3. The van der Waals surface area contributed by atoms with Gasteiger partial charge in [0.25, 0.3) is 0 Å². The quantitative estimate of drug-likeness (QED) is 0.873.